The lowest BCUT2D eigenvalue weighted by Crippen LogP contribution is -2.44. The first-order chi connectivity index (χ1) is 30.7. The van der Waals surface area contributed by atoms with Crippen LogP contribution in [0.5, 0.6) is 0 Å². The summed E-state index contributed by atoms with van der Waals surface area (Å²) in [5.41, 5.74) is 0. The predicted molar refractivity (Wildman–Crippen MR) is 268 cm³/mol. The van der Waals surface area contributed by atoms with Crippen LogP contribution in [0, 0.1) is 0 Å². The van der Waals surface area contributed by atoms with Gasteiger partial charge in [-0.1, -0.05) is 252 Å². The Hall–Kier alpha value is -1.77. The van der Waals surface area contributed by atoms with E-state index in [9.17, 15) is 24.3 Å². The van der Waals surface area contributed by atoms with E-state index >= 15 is 0 Å². The van der Waals surface area contributed by atoms with Crippen molar-refractivity contribution in [2.24, 2.45) is 0 Å². The van der Waals surface area contributed by atoms with Gasteiger partial charge in [-0.2, -0.15) is 0 Å². The Labute approximate surface area is 393 Å². The molecule has 8 nitrogen and oxygen atoms in total. The number of ether oxygens (including phenoxy) is 2. The Kier molecular flexibility index (Phi) is 45.4. The molecule has 0 aromatic carbocycles. The van der Waals surface area contributed by atoms with Gasteiger partial charge < -0.3 is 19.9 Å². The second-order valence-electron chi connectivity index (χ2n) is 19.0. The van der Waals surface area contributed by atoms with E-state index in [0.717, 1.165) is 69.5 Å². The topological polar surface area (TPSA) is 119 Å². The van der Waals surface area contributed by atoms with Crippen LogP contribution in [0.3, 0.4) is 0 Å². The zero-order valence-corrected chi connectivity index (χ0v) is 42.8. The lowest BCUT2D eigenvalue weighted by atomic mass is 10.0. The standard InChI is InChI=1S/C54H103NO7S/c1-5-8-11-14-17-20-23-26-29-32-35-38-41-44-50(56)55-49(53(59)60)47-63-54(4,62-52(58)46-43-40-37-34-31-28-25-22-19-16-13-10-7-3)48-61-51(57)45-42-39-36-33-30-27-24-21-18-15-12-9-6-2/h49H,5-48H2,1-4H3,(H,55,56)(H,59,60). The molecule has 0 aliphatic heterocycles. The number of unbranched alkanes of at least 4 members (excludes halogenated alkanes) is 36. The van der Waals surface area contributed by atoms with E-state index in [1.807, 2.05) is 0 Å². The van der Waals surface area contributed by atoms with Gasteiger partial charge in [0.25, 0.3) is 0 Å². The van der Waals surface area contributed by atoms with Crippen LogP contribution in [0.4, 0.5) is 0 Å². The molecule has 0 aromatic rings. The van der Waals surface area contributed by atoms with Crippen LogP contribution in [0.1, 0.15) is 297 Å². The van der Waals surface area contributed by atoms with Gasteiger partial charge >= 0.3 is 17.9 Å². The maximum absolute atomic E-state index is 13.1. The first-order valence-electron chi connectivity index (χ1n) is 27.2. The number of hydrogen-bond acceptors (Lipinski definition) is 7. The molecular weight excluding hydrogens is 807 g/mol. The van der Waals surface area contributed by atoms with Crippen LogP contribution in [-0.2, 0) is 28.7 Å². The molecule has 2 unspecified atom stereocenters. The summed E-state index contributed by atoms with van der Waals surface area (Å²) in [6.45, 7) is 8.28. The molecule has 2 atom stereocenters. The molecule has 9 heteroatoms. The fourth-order valence-corrected chi connectivity index (χ4v) is 9.29. The fourth-order valence-electron chi connectivity index (χ4n) is 8.25. The number of esters is 2. The van der Waals surface area contributed by atoms with E-state index in [1.165, 1.54) is 193 Å². The van der Waals surface area contributed by atoms with Crippen LogP contribution in [0.2, 0.25) is 0 Å². The third kappa shape index (κ3) is 43.9. The van der Waals surface area contributed by atoms with Crippen molar-refractivity contribution in [1.82, 2.24) is 5.32 Å². The molecule has 0 spiro atoms. The Balaban J connectivity index is 4.76. The Morgan fingerprint density at radius 1 is 0.444 bits per heavy atom. The monoisotopic (exact) mass is 910 g/mol. The quantitative estimate of drug-likeness (QED) is 0.0352. The lowest BCUT2D eigenvalue weighted by Gasteiger charge is -2.29. The second kappa shape index (κ2) is 46.7. The minimum absolute atomic E-state index is 0.0153. The van der Waals surface area contributed by atoms with Crippen molar-refractivity contribution >= 4 is 35.6 Å². The number of hydrogen-bond donors (Lipinski definition) is 2. The van der Waals surface area contributed by atoms with E-state index in [0.29, 0.717) is 6.42 Å². The minimum atomic E-state index is -1.27. The van der Waals surface area contributed by atoms with Gasteiger partial charge in [0.05, 0.1) is 0 Å². The van der Waals surface area contributed by atoms with Crippen LogP contribution in [-0.4, -0.2) is 52.3 Å². The van der Waals surface area contributed by atoms with Gasteiger partial charge in [0.1, 0.15) is 12.6 Å². The summed E-state index contributed by atoms with van der Waals surface area (Å²) >= 11 is 1.11. The molecular formula is C54H103NO7S. The van der Waals surface area contributed by atoms with Crippen LogP contribution in [0.25, 0.3) is 0 Å². The van der Waals surface area contributed by atoms with Crippen molar-refractivity contribution in [1.29, 1.82) is 0 Å². The first kappa shape index (κ1) is 61.2. The largest absolute Gasteiger partial charge is 0.480 e. The number of rotatable bonds is 50. The highest BCUT2D eigenvalue weighted by molar-refractivity contribution is 8.00. The number of carboxylic acids is 1. The van der Waals surface area contributed by atoms with Crippen LogP contribution in [0.15, 0.2) is 0 Å². The molecule has 0 aliphatic carbocycles. The molecule has 372 valence electrons. The third-order valence-electron chi connectivity index (χ3n) is 12.5. The molecule has 0 fully saturated rings. The van der Waals surface area contributed by atoms with Gasteiger partial charge in [-0.15, -0.1) is 11.8 Å². The van der Waals surface area contributed by atoms with Crippen molar-refractivity contribution in [3.63, 3.8) is 0 Å². The van der Waals surface area contributed by atoms with Crippen molar-refractivity contribution in [2.45, 2.75) is 308 Å². The van der Waals surface area contributed by atoms with Crippen molar-refractivity contribution < 1.29 is 33.8 Å². The van der Waals surface area contributed by atoms with Gasteiger partial charge in [0.15, 0.2) is 4.93 Å². The summed E-state index contributed by atoms with van der Waals surface area (Å²) in [6, 6.07) is -1.15. The maximum Gasteiger partial charge on any atom is 0.327 e. The van der Waals surface area contributed by atoms with Gasteiger partial charge in [-0.05, 0) is 26.2 Å². The van der Waals surface area contributed by atoms with E-state index in [-0.39, 0.29) is 43.0 Å². The van der Waals surface area contributed by atoms with Crippen molar-refractivity contribution in [3.8, 4) is 0 Å². The van der Waals surface area contributed by atoms with E-state index in [4.69, 9.17) is 9.47 Å². The number of carboxylic acid groups (broad SMARTS) is 1. The van der Waals surface area contributed by atoms with E-state index < -0.39 is 16.9 Å². The molecule has 0 rings (SSSR count). The second-order valence-corrected chi connectivity index (χ2v) is 20.5. The number of carbonyl (C=O) groups is 4. The number of amides is 1. The molecule has 0 bridgehead atoms. The average molecular weight is 910 g/mol. The number of aliphatic carboxylic acids is 1. The number of carbonyl (C=O) groups excluding carboxylic acids is 3. The molecule has 1 amide bonds. The zero-order chi connectivity index (χ0) is 46.3. The molecule has 0 aliphatic rings. The summed E-state index contributed by atoms with van der Waals surface area (Å²) < 4.78 is 11.6. The molecule has 2 N–H and O–H groups in total. The highest BCUT2D eigenvalue weighted by atomic mass is 32.2. The SMILES string of the molecule is CCCCCCCCCCCCCCCC(=O)NC(CSC(C)(COC(=O)CCCCCCCCCCCCCCC)OC(=O)CCCCCCCCCCCCCCC)C(=O)O. The normalized spacial score (nSPS) is 12.8. The van der Waals surface area contributed by atoms with Gasteiger partial charge in [-0.3, -0.25) is 14.4 Å². The molecule has 0 heterocycles. The smallest absolute Gasteiger partial charge is 0.327 e. The highest BCUT2D eigenvalue weighted by Gasteiger charge is 2.34. The molecule has 0 radical (unpaired) electrons. The van der Waals surface area contributed by atoms with Gasteiger partial charge in [-0.25, -0.2) is 4.79 Å². The summed E-state index contributed by atoms with van der Waals surface area (Å²) in [7, 11) is 0. The number of thioether (sulfide) groups is 1. The summed E-state index contributed by atoms with van der Waals surface area (Å²) in [4.78, 5) is 49.7. The van der Waals surface area contributed by atoms with Crippen molar-refractivity contribution in [3.05, 3.63) is 0 Å². The molecule has 0 aromatic heterocycles. The summed E-state index contributed by atoms with van der Waals surface area (Å²) in [5, 5.41) is 12.7. The Morgan fingerprint density at radius 2 is 0.730 bits per heavy atom. The average Bonchev–Trinajstić information content (AvgIpc) is 3.26. The van der Waals surface area contributed by atoms with E-state index in [1.54, 1.807) is 6.92 Å². The predicted octanol–water partition coefficient (Wildman–Crippen LogP) is 16.5. The van der Waals surface area contributed by atoms with Crippen molar-refractivity contribution in [2.75, 3.05) is 12.4 Å². The Morgan fingerprint density at radius 3 is 1.05 bits per heavy atom. The lowest BCUT2D eigenvalue weighted by molar-refractivity contribution is -0.161. The van der Waals surface area contributed by atoms with E-state index in [2.05, 4.69) is 26.1 Å². The van der Waals surface area contributed by atoms with Crippen LogP contribution >= 0.6 is 11.8 Å². The summed E-state index contributed by atoms with van der Waals surface area (Å²) in [5.74, 6) is -2.14. The van der Waals surface area contributed by atoms with Gasteiger partial charge in [0.2, 0.25) is 5.91 Å². The third-order valence-corrected chi connectivity index (χ3v) is 13.8. The number of nitrogens with one attached hydrogen (secondary N) is 1. The fraction of sp³-hybridized carbons (Fsp3) is 0.926. The highest BCUT2D eigenvalue weighted by Crippen LogP contribution is 2.29. The first-order valence-corrected chi connectivity index (χ1v) is 28.2. The molecule has 0 saturated carbocycles. The summed E-state index contributed by atoms with van der Waals surface area (Å²) in [6.07, 6.45) is 48.4. The minimum Gasteiger partial charge on any atom is -0.480 e. The molecule has 0 saturated heterocycles. The zero-order valence-electron chi connectivity index (χ0n) is 42.0. The molecule has 63 heavy (non-hydrogen) atoms. The Bertz CT molecular complexity index is 1060. The van der Waals surface area contributed by atoms with Crippen LogP contribution < -0.4 is 5.32 Å². The maximum atomic E-state index is 13.1. The van der Waals surface area contributed by atoms with Gasteiger partial charge in [0, 0.05) is 25.0 Å².